The third-order valence-electron chi connectivity index (χ3n) is 4.93. The molecule has 1 spiro atoms. The Morgan fingerprint density at radius 2 is 1.95 bits per heavy atom. The third-order valence-corrected chi connectivity index (χ3v) is 4.93. The van der Waals surface area contributed by atoms with Gasteiger partial charge in [0.15, 0.2) is 0 Å². The minimum Gasteiger partial charge on any atom is -0.458 e. The highest BCUT2D eigenvalue weighted by Gasteiger charge is 2.37. The Bertz CT molecular complexity index is 520. The summed E-state index contributed by atoms with van der Waals surface area (Å²) in [6.45, 7) is 0.805. The largest absolute Gasteiger partial charge is 0.458 e. The molecule has 2 fully saturated rings. The SMILES string of the molecule is C1=CC2(CCCO2)Oc2ccc(C3CCCCC3)cc21. The van der Waals surface area contributed by atoms with Gasteiger partial charge in [0.1, 0.15) is 5.75 Å². The Labute approximate surface area is 120 Å². The van der Waals surface area contributed by atoms with Crippen LogP contribution >= 0.6 is 0 Å². The zero-order chi connectivity index (χ0) is 13.4. The molecule has 0 amide bonds. The Hall–Kier alpha value is -1.28. The topological polar surface area (TPSA) is 18.5 Å². The number of ether oxygens (including phenoxy) is 2. The van der Waals surface area contributed by atoms with Gasteiger partial charge in [0.05, 0.1) is 6.61 Å². The van der Waals surface area contributed by atoms with Crippen molar-refractivity contribution in [2.24, 2.45) is 0 Å². The van der Waals surface area contributed by atoms with Gasteiger partial charge in [0, 0.05) is 12.0 Å². The van der Waals surface area contributed by atoms with Gasteiger partial charge >= 0.3 is 0 Å². The van der Waals surface area contributed by atoms with E-state index in [0.29, 0.717) is 0 Å². The predicted molar refractivity (Wildman–Crippen MR) is 79.8 cm³/mol. The van der Waals surface area contributed by atoms with E-state index in [4.69, 9.17) is 9.47 Å². The van der Waals surface area contributed by atoms with Crippen LogP contribution in [0.15, 0.2) is 24.3 Å². The zero-order valence-corrected chi connectivity index (χ0v) is 11.9. The summed E-state index contributed by atoms with van der Waals surface area (Å²) in [6.07, 6.45) is 13.2. The molecular formula is C18H22O2. The lowest BCUT2D eigenvalue weighted by molar-refractivity contribution is -0.110. The van der Waals surface area contributed by atoms with E-state index in [0.717, 1.165) is 31.1 Å². The van der Waals surface area contributed by atoms with Crippen LogP contribution in [0.1, 0.15) is 62.0 Å². The van der Waals surface area contributed by atoms with Crippen LogP contribution in [0, 0.1) is 0 Å². The smallest absolute Gasteiger partial charge is 0.230 e. The number of rotatable bonds is 1. The summed E-state index contributed by atoms with van der Waals surface area (Å²) in [4.78, 5) is 0. The van der Waals surface area contributed by atoms with Gasteiger partial charge in [0.25, 0.3) is 0 Å². The molecule has 0 aromatic heterocycles. The molecule has 0 radical (unpaired) electrons. The van der Waals surface area contributed by atoms with Crippen molar-refractivity contribution in [3.63, 3.8) is 0 Å². The fraction of sp³-hybridized carbons (Fsp3) is 0.556. The second-order valence-corrected chi connectivity index (χ2v) is 6.33. The summed E-state index contributed by atoms with van der Waals surface area (Å²) < 4.78 is 11.9. The average molecular weight is 270 g/mol. The molecule has 0 bridgehead atoms. The molecule has 1 aromatic rings. The molecule has 2 heterocycles. The van der Waals surface area contributed by atoms with E-state index < -0.39 is 5.79 Å². The first-order valence-electron chi connectivity index (χ1n) is 8.01. The fourth-order valence-electron chi connectivity index (χ4n) is 3.76. The summed E-state index contributed by atoms with van der Waals surface area (Å²) in [5.74, 6) is 1.26. The quantitative estimate of drug-likeness (QED) is 0.739. The molecule has 1 saturated carbocycles. The molecule has 20 heavy (non-hydrogen) atoms. The van der Waals surface area contributed by atoms with E-state index in [1.807, 2.05) is 0 Å². The predicted octanol–water partition coefficient (Wildman–Crippen LogP) is 4.65. The van der Waals surface area contributed by atoms with E-state index >= 15 is 0 Å². The lowest BCUT2D eigenvalue weighted by Crippen LogP contribution is -2.34. The molecular weight excluding hydrogens is 248 g/mol. The van der Waals surface area contributed by atoms with Gasteiger partial charge in [0.2, 0.25) is 5.79 Å². The van der Waals surface area contributed by atoms with Gasteiger partial charge in [-0.2, -0.15) is 0 Å². The second-order valence-electron chi connectivity index (χ2n) is 6.33. The summed E-state index contributed by atoms with van der Waals surface area (Å²) in [7, 11) is 0. The average Bonchev–Trinajstić information content (AvgIpc) is 2.96. The maximum Gasteiger partial charge on any atom is 0.230 e. The third kappa shape index (κ3) is 2.16. The Kier molecular flexibility index (Phi) is 3.07. The summed E-state index contributed by atoms with van der Waals surface area (Å²) in [6, 6.07) is 6.73. The molecule has 2 nitrogen and oxygen atoms in total. The molecule has 0 N–H and O–H groups in total. The van der Waals surface area contributed by atoms with Crippen LogP contribution in [0.5, 0.6) is 5.75 Å². The van der Waals surface area contributed by atoms with Crippen molar-refractivity contribution < 1.29 is 9.47 Å². The Morgan fingerprint density at radius 1 is 1.05 bits per heavy atom. The minimum absolute atomic E-state index is 0.473. The van der Waals surface area contributed by atoms with Crippen molar-refractivity contribution >= 4 is 6.08 Å². The van der Waals surface area contributed by atoms with E-state index in [-0.39, 0.29) is 0 Å². The molecule has 1 aromatic carbocycles. The van der Waals surface area contributed by atoms with Crippen molar-refractivity contribution in [3.8, 4) is 5.75 Å². The van der Waals surface area contributed by atoms with Crippen molar-refractivity contribution in [2.75, 3.05) is 6.61 Å². The van der Waals surface area contributed by atoms with E-state index in [2.05, 4.69) is 30.4 Å². The van der Waals surface area contributed by atoms with Crippen LogP contribution in [0.3, 0.4) is 0 Å². The Morgan fingerprint density at radius 3 is 2.75 bits per heavy atom. The summed E-state index contributed by atoms with van der Waals surface area (Å²) in [5.41, 5.74) is 2.70. The molecule has 1 atom stereocenters. The van der Waals surface area contributed by atoms with Crippen LogP contribution in [0.2, 0.25) is 0 Å². The fourth-order valence-corrected chi connectivity index (χ4v) is 3.76. The summed E-state index contributed by atoms with van der Waals surface area (Å²) >= 11 is 0. The number of hydrogen-bond acceptors (Lipinski definition) is 2. The van der Waals surface area contributed by atoms with Crippen molar-refractivity contribution in [3.05, 3.63) is 35.4 Å². The monoisotopic (exact) mass is 270 g/mol. The lowest BCUT2D eigenvalue weighted by Gasteiger charge is -2.31. The van der Waals surface area contributed by atoms with E-state index in [1.165, 1.54) is 43.2 Å². The van der Waals surface area contributed by atoms with Crippen LogP contribution in [-0.4, -0.2) is 12.4 Å². The Balaban J connectivity index is 1.60. The van der Waals surface area contributed by atoms with Gasteiger partial charge in [-0.05, 0) is 55.0 Å². The van der Waals surface area contributed by atoms with Crippen molar-refractivity contribution in [1.29, 1.82) is 0 Å². The first-order chi connectivity index (χ1) is 9.85. The highest BCUT2D eigenvalue weighted by molar-refractivity contribution is 5.62. The number of hydrogen-bond donors (Lipinski definition) is 0. The molecule has 2 heteroatoms. The van der Waals surface area contributed by atoms with Gasteiger partial charge in [-0.1, -0.05) is 25.3 Å². The number of fused-ring (bicyclic) bond motifs is 1. The molecule has 106 valence electrons. The normalized spacial score (nSPS) is 29.4. The number of benzene rings is 1. The minimum atomic E-state index is -0.473. The standard InChI is InChI=1S/C18H22O2/c1-2-5-14(6-3-1)15-7-8-17-16(13-15)9-11-18(20-17)10-4-12-19-18/h7-9,11,13-14H,1-6,10,12H2. The highest BCUT2D eigenvalue weighted by atomic mass is 16.7. The first kappa shape index (κ1) is 12.5. The first-order valence-corrected chi connectivity index (χ1v) is 8.01. The van der Waals surface area contributed by atoms with Crippen LogP contribution in [-0.2, 0) is 4.74 Å². The van der Waals surface area contributed by atoms with Gasteiger partial charge in [-0.15, -0.1) is 0 Å². The van der Waals surface area contributed by atoms with E-state index in [1.54, 1.807) is 0 Å². The molecule has 2 aliphatic heterocycles. The molecule has 4 rings (SSSR count). The molecule has 1 saturated heterocycles. The maximum absolute atomic E-state index is 6.11. The maximum atomic E-state index is 6.11. The van der Waals surface area contributed by atoms with E-state index in [9.17, 15) is 0 Å². The van der Waals surface area contributed by atoms with Crippen LogP contribution in [0.25, 0.3) is 6.08 Å². The van der Waals surface area contributed by atoms with Crippen LogP contribution in [0.4, 0.5) is 0 Å². The molecule has 3 aliphatic rings. The van der Waals surface area contributed by atoms with Crippen LogP contribution < -0.4 is 4.74 Å². The summed E-state index contributed by atoms with van der Waals surface area (Å²) in [5, 5.41) is 0. The highest BCUT2D eigenvalue weighted by Crippen LogP contribution is 2.40. The zero-order valence-electron chi connectivity index (χ0n) is 11.9. The van der Waals surface area contributed by atoms with Gasteiger partial charge in [-0.3, -0.25) is 0 Å². The van der Waals surface area contributed by atoms with Gasteiger partial charge < -0.3 is 9.47 Å². The van der Waals surface area contributed by atoms with Crippen molar-refractivity contribution in [2.45, 2.75) is 56.7 Å². The molecule has 1 unspecified atom stereocenters. The van der Waals surface area contributed by atoms with Crippen molar-refractivity contribution in [1.82, 2.24) is 0 Å². The molecule has 1 aliphatic carbocycles. The second kappa shape index (κ2) is 4.92. The van der Waals surface area contributed by atoms with Gasteiger partial charge in [-0.25, -0.2) is 0 Å². The lowest BCUT2D eigenvalue weighted by atomic mass is 9.83.